The fourth-order valence-corrected chi connectivity index (χ4v) is 2.05. The molecule has 0 saturated heterocycles. The number of nitrogens with one attached hydrogen (secondary N) is 2. The van der Waals surface area contributed by atoms with E-state index in [0.29, 0.717) is 16.1 Å². The topological polar surface area (TPSA) is 75.9 Å². The molecule has 0 amide bonds. The molecule has 4 N–H and O–H groups in total. The van der Waals surface area contributed by atoms with E-state index in [1.54, 1.807) is 0 Å². The Labute approximate surface area is 115 Å². The van der Waals surface area contributed by atoms with E-state index >= 15 is 0 Å². The van der Waals surface area contributed by atoms with Crippen LogP contribution in [0.5, 0.6) is 0 Å². The van der Waals surface area contributed by atoms with Crippen LogP contribution in [0.25, 0.3) is 0 Å². The van der Waals surface area contributed by atoms with Crippen molar-refractivity contribution in [3.63, 3.8) is 0 Å². The number of aromatic nitrogens is 2. The smallest absolute Gasteiger partial charge is 0.159 e. The molecule has 0 fully saturated rings. The number of para-hydroxylation sites is 1. The Kier molecular flexibility index (Phi) is 3.93. The zero-order valence-electron chi connectivity index (χ0n) is 8.61. The summed E-state index contributed by atoms with van der Waals surface area (Å²) < 4.78 is 1.63. The number of rotatable bonds is 3. The van der Waals surface area contributed by atoms with Crippen LogP contribution in [0.2, 0.25) is 0 Å². The molecule has 0 aliphatic carbocycles. The van der Waals surface area contributed by atoms with Crippen molar-refractivity contribution in [1.82, 2.24) is 9.97 Å². The van der Waals surface area contributed by atoms with Gasteiger partial charge in [0.15, 0.2) is 5.82 Å². The van der Waals surface area contributed by atoms with E-state index in [2.05, 4.69) is 52.6 Å². The highest BCUT2D eigenvalue weighted by molar-refractivity contribution is 9.11. The van der Waals surface area contributed by atoms with Crippen LogP contribution in [0.3, 0.4) is 0 Å². The van der Waals surface area contributed by atoms with Gasteiger partial charge in [0.05, 0.1) is 5.69 Å². The molecule has 5 nitrogen and oxygen atoms in total. The maximum absolute atomic E-state index is 5.34. The molecule has 0 bridgehead atoms. The maximum atomic E-state index is 5.34. The average Bonchev–Trinajstić information content (AvgIpc) is 2.34. The summed E-state index contributed by atoms with van der Waals surface area (Å²) in [7, 11) is 0. The quantitative estimate of drug-likeness (QED) is 0.580. The maximum Gasteiger partial charge on any atom is 0.159 e. The van der Waals surface area contributed by atoms with E-state index in [0.717, 1.165) is 10.2 Å². The summed E-state index contributed by atoms with van der Waals surface area (Å²) >= 11 is 6.83. The van der Waals surface area contributed by atoms with Gasteiger partial charge in [0.2, 0.25) is 0 Å². The monoisotopic (exact) mass is 357 g/mol. The largest absolute Gasteiger partial charge is 0.338 e. The van der Waals surface area contributed by atoms with Crippen LogP contribution < -0.4 is 16.6 Å². The van der Waals surface area contributed by atoms with Gasteiger partial charge in [-0.2, -0.15) is 0 Å². The Bertz CT molecular complexity index is 532. The van der Waals surface area contributed by atoms with Crippen molar-refractivity contribution in [2.45, 2.75) is 0 Å². The van der Waals surface area contributed by atoms with Crippen LogP contribution >= 0.6 is 31.9 Å². The van der Waals surface area contributed by atoms with Crippen LogP contribution in [-0.2, 0) is 0 Å². The van der Waals surface area contributed by atoms with Gasteiger partial charge in [0, 0.05) is 4.47 Å². The first-order valence-electron chi connectivity index (χ1n) is 4.71. The normalized spacial score (nSPS) is 10.1. The number of benzene rings is 1. The number of hydrazine groups is 1. The molecule has 17 heavy (non-hydrogen) atoms. The van der Waals surface area contributed by atoms with Crippen molar-refractivity contribution in [2.75, 3.05) is 10.7 Å². The third-order valence-corrected chi connectivity index (χ3v) is 3.50. The molecule has 1 aromatic heterocycles. The number of hydrogen-bond acceptors (Lipinski definition) is 5. The molecule has 0 atom stereocenters. The van der Waals surface area contributed by atoms with Crippen LogP contribution in [0, 0.1) is 0 Å². The molecule has 0 unspecified atom stereocenters. The van der Waals surface area contributed by atoms with Crippen LogP contribution in [0.1, 0.15) is 0 Å². The first-order chi connectivity index (χ1) is 8.22. The molecule has 2 rings (SSSR count). The second kappa shape index (κ2) is 5.44. The predicted octanol–water partition coefficient (Wildman–Crippen LogP) is 3.03. The zero-order chi connectivity index (χ0) is 12.3. The minimum Gasteiger partial charge on any atom is -0.338 e. The summed E-state index contributed by atoms with van der Waals surface area (Å²) in [4.78, 5) is 8.11. The number of nitrogens with zero attached hydrogens (tertiary/aromatic N) is 2. The lowest BCUT2D eigenvalue weighted by atomic mass is 10.3. The van der Waals surface area contributed by atoms with Gasteiger partial charge < -0.3 is 10.7 Å². The fraction of sp³-hybridized carbons (Fsp3) is 0. The van der Waals surface area contributed by atoms with E-state index in [4.69, 9.17) is 5.84 Å². The first kappa shape index (κ1) is 12.3. The molecule has 2 aromatic rings. The number of nitrogens with two attached hydrogens (primary N) is 1. The summed E-state index contributed by atoms with van der Waals surface area (Å²) in [6.45, 7) is 0. The Morgan fingerprint density at radius 2 is 1.76 bits per heavy atom. The number of nitrogen functional groups attached to an aromatic ring is 1. The summed E-state index contributed by atoms with van der Waals surface area (Å²) in [5, 5.41) is 3.17. The first-order valence-corrected chi connectivity index (χ1v) is 6.29. The summed E-state index contributed by atoms with van der Waals surface area (Å²) in [5.74, 6) is 6.50. The van der Waals surface area contributed by atoms with Crippen molar-refractivity contribution in [1.29, 1.82) is 0 Å². The highest BCUT2D eigenvalue weighted by atomic mass is 79.9. The van der Waals surface area contributed by atoms with Crippen molar-refractivity contribution in [3.8, 4) is 0 Å². The summed E-state index contributed by atoms with van der Waals surface area (Å²) in [6, 6.07) is 7.76. The molecular weight excluding hydrogens is 350 g/mol. The Morgan fingerprint density at radius 1 is 1.06 bits per heavy atom. The molecule has 1 aromatic carbocycles. The third-order valence-electron chi connectivity index (χ3n) is 2.05. The van der Waals surface area contributed by atoms with Crippen molar-refractivity contribution in [3.05, 3.63) is 39.5 Å². The van der Waals surface area contributed by atoms with Gasteiger partial charge in [0.25, 0.3) is 0 Å². The molecule has 0 spiro atoms. The lowest BCUT2D eigenvalue weighted by molar-refractivity contribution is 1.12. The summed E-state index contributed by atoms with van der Waals surface area (Å²) in [5.41, 5.74) is 3.40. The van der Waals surface area contributed by atoms with Crippen molar-refractivity contribution in [2.24, 2.45) is 5.84 Å². The molecule has 88 valence electrons. The van der Waals surface area contributed by atoms with E-state index in [9.17, 15) is 0 Å². The van der Waals surface area contributed by atoms with Gasteiger partial charge in [-0.25, -0.2) is 15.8 Å². The van der Waals surface area contributed by atoms with E-state index < -0.39 is 0 Å². The molecule has 7 heteroatoms. The minimum atomic E-state index is 0.523. The standard InChI is InChI=1S/C10H9Br2N5/c11-6-3-1-2-4-7(6)16-9-8(12)10(17-13)15-5-14-9/h1-5H,13H2,(H2,14,15,16,17). The highest BCUT2D eigenvalue weighted by Crippen LogP contribution is 2.31. The Morgan fingerprint density at radius 3 is 2.47 bits per heavy atom. The fourth-order valence-electron chi connectivity index (χ4n) is 1.25. The lowest BCUT2D eigenvalue weighted by Crippen LogP contribution is -2.10. The average molecular weight is 359 g/mol. The lowest BCUT2D eigenvalue weighted by Gasteiger charge is -2.10. The highest BCUT2D eigenvalue weighted by Gasteiger charge is 2.08. The van der Waals surface area contributed by atoms with E-state index in [-0.39, 0.29) is 0 Å². The number of anilines is 3. The molecule has 0 aliphatic heterocycles. The molecular formula is C10H9Br2N5. The predicted molar refractivity (Wildman–Crippen MR) is 75.0 cm³/mol. The van der Waals surface area contributed by atoms with Crippen molar-refractivity contribution >= 4 is 49.2 Å². The van der Waals surface area contributed by atoms with Crippen LogP contribution in [0.15, 0.2) is 39.5 Å². The van der Waals surface area contributed by atoms with Gasteiger partial charge in [-0.3, -0.25) is 0 Å². The van der Waals surface area contributed by atoms with Gasteiger partial charge in [0.1, 0.15) is 16.6 Å². The summed E-state index contributed by atoms with van der Waals surface area (Å²) in [6.07, 6.45) is 1.43. The van der Waals surface area contributed by atoms with Crippen LogP contribution in [-0.4, -0.2) is 9.97 Å². The molecule has 0 radical (unpaired) electrons. The van der Waals surface area contributed by atoms with E-state index in [1.165, 1.54) is 6.33 Å². The van der Waals surface area contributed by atoms with Crippen molar-refractivity contribution < 1.29 is 0 Å². The Hall–Kier alpha value is -1.18. The van der Waals surface area contributed by atoms with E-state index in [1.807, 2.05) is 24.3 Å². The molecule has 1 heterocycles. The molecule has 0 saturated carbocycles. The van der Waals surface area contributed by atoms with Gasteiger partial charge in [-0.1, -0.05) is 12.1 Å². The SMILES string of the molecule is NNc1ncnc(Nc2ccccc2Br)c1Br. The Balaban J connectivity index is 2.34. The second-order valence-corrected chi connectivity index (χ2v) is 4.78. The van der Waals surface area contributed by atoms with Gasteiger partial charge in [-0.15, -0.1) is 0 Å². The zero-order valence-corrected chi connectivity index (χ0v) is 11.8. The second-order valence-electron chi connectivity index (χ2n) is 3.13. The van der Waals surface area contributed by atoms with Crippen LogP contribution in [0.4, 0.5) is 17.3 Å². The number of halogens is 2. The van der Waals surface area contributed by atoms with Gasteiger partial charge >= 0.3 is 0 Å². The third kappa shape index (κ3) is 2.74. The minimum absolute atomic E-state index is 0.523. The molecule has 0 aliphatic rings. The van der Waals surface area contributed by atoms with Gasteiger partial charge in [-0.05, 0) is 44.0 Å². The number of hydrogen-bond donors (Lipinski definition) is 3.